The predicted octanol–water partition coefficient (Wildman–Crippen LogP) is 2.19. The highest BCUT2D eigenvalue weighted by atomic mass is 16.5. The van der Waals surface area contributed by atoms with Gasteiger partial charge >= 0.3 is 0 Å². The molecule has 0 aliphatic carbocycles. The van der Waals surface area contributed by atoms with Crippen molar-refractivity contribution in [2.24, 2.45) is 0 Å². The predicted molar refractivity (Wildman–Crippen MR) is 73.7 cm³/mol. The normalized spacial score (nSPS) is 12.5. The van der Waals surface area contributed by atoms with Crippen LogP contribution < -0.4 is 10.2 Å². The van der Waals surface area contributed by atoms with E-state index in [-0.39, 0.29) is 0 Å². The number of benzene rings is 1. The fourth-order valence-electron chi connectivity index (χ4n) is 1.90. The van der Waals surface area contributed by atoms with Crippen LogP contribution in [0.25, 0.3) is 0 Å². The minimum atomic E-state index is 0.384. The molecule has 3 heteroatoms. The Kier molecular flexibility index (Phi) is 5.45. The van der Waals surface area contributed by atoms with Crippen LogP contribution in [-0.2, 0) is 11.3 Å². The van der Waals surface area contributed by atoms with Gasteiger partial charge in [0.2, 0.25) is 0 Å². The van der Waals surface area contributed by atoms with Gasteiger partial charge in [0.15, 0.2) is 0 Å². The maximum absolute atomic E-state index is 5.19. The van der Waals surface area contributed by atoms with Crippen molar-refractivity contribution in [2.75, 3.05) is 32.7 Å². The van der Waals surface area contributed by atoms with Crippen molar-refractivity contribution in [1.29, 1.82) is 0 Å². The molecule has 1 N–H and O–H groups in total. The summed E-state index contributed by atoms with van der Waals surface area (Å²) in [6, 6.07) is 6.98. The molecule has 0 amide bonds. The molecule has 1 aromatic carbocycles. The highest BCUT2D eigenvalue weighted by Gasteiger charge is 2.10. The molecule has 0 saturated carbocycles. The Bertz CT molecular complexity index is 352. The van der Waals surface area contributed by atoms with Gasteiger partial charge in [-0.1, -0.05) is 6.07 Å². The number of aryl methyl sites for hydroxylation is 1. The maximum atomic E-state index is 5.19. The first-order valence-corrected chi connectivity index (χ1v) is 6.06. The van der Waals surface area contributed by atoms with Crippen LogP contribution in [-0.4, -0.2) is 33.9 Å². The van der Waals surface area contributed by atoms with E-state index >= 15 is 0 Å². The fourth-order valence-corrected chi connectivity index (χ4v) is 1.90. The molecule has 0 heterocycles. The van der Waals surface area contributed by atoms with Crippen molar-refractivity contribution < 1.29 is 4.74 Å². The van der Waals surface area contributed by atoms with Crippen LogP contribution in [0.2, 0.25) is 0 Å². The number of nitrogens with zero attached hydrogens (tertiary/aromatic N) is 1. The van der Waals surface area contributed by atoms with Gasteiger partial charge in [-0.2, -0.15) is 0 Å². The highest BCUT2D eigenvalue weighted by Crippen LogP contribution is 2.20. The van der Waals surface area contributed by atoms with Gasteiger partial charge in [0.05, 0.1) is 6.61 Å². The van der Waals surface area contributed by atoms with E-state index in [1.807, 2.05) is 7.05 Å². The molecule has 0 aliphatic heterocycles. The first-order chi connectivity index (χ1) is 8.10. The molecule has 0 saturated heterocycles. The lowest BCUT2D eigenvalue weighted by atomic mass is 10.1. The highest BCUT2D eigenvalue weighted by molar-refractivity contribution is 5.51. The molecule has 0 spiro atoms. The zero-order valence-corrected chi connectivity index (χ0v) is 11.6. The summed E-state index contributed by atoms with van der Waals surface area (Å²) in [6.45, 7) is 5.99. The molecule has 1 atom stereocenters. The maximum Gasteiger partial charge on any atom is 0.0663 e. The molecule has 0 aliphatic rings. The van der Waals surface area contributed by atoms with Gasteiger partial charge in [0.25, 0.3) is 0 Å². The molecule has 1 aromatic rings. The third-order valence-corrected chi connectivity index (χ3v) is 3.17. The Hall–Kier alpha value is -1.06. The van der Waals surface area contributed by atoms with E-state index < -0.39 is 0 Å². The molecule has 0 bridgehead atoms. The Morgan fingerprint density at radius 3 is 2.65 bits per heavy atom. The Labute approximate surface area is 105 Å². The van der Waals surface area contributed by atoms with Crippen molar-refractivity contribution in [3.05, 3.63) is 29.3 Å². The Balaban J connectivity index is 2.81. The van der Waals surface area contributed by atoms with Crippen molar-refractivity contribution in [2.45, 2.75) is 26.4 Å². The lowest BCUT2D eigenvalue weighted by Gasteiger charge is -2.27. The Morgan fingerprint density at radius 2 is 2.12 bits per heavy atom. The fraction of sp³-hybridized carbons (Fsp3) is 0.571. The van der Waals surface area contributed by atoms with Crippen LogP contribution in [0.5, 0.6) is 0 Å². The van der Waals surface area contributed by atoms with Gasteiger partial charge in [0.1, 0.15) is 0 Å². The third-order valence-electron chi connectivity index (χ3n) is 3.17. The van der Waals surface area contributed by atoms with Gasteiger partial charge in [-0.3, -0.25) is 0 Å². The Morgan fingerprint density at radius 1 is 1.41 bits per heavy atom. The topological polar surface area (TPSA) is 24.5 Å². The largest absolute Gasteiger partial charge is 0.383 e. The number of rotatable bonds is 6. The van der Waals surface area contributed by atoms with Crippen LogP contribution in [0, 0.1) is 6.92 Å². The second-order valence-corrected chi connectivity index (χ2v) is 4.56. The number of hydrogen-bond donors (Lipinski definition) is 1. The lowest BCUT2D eigenvalue weighted by Crippen LogP contribution is -2.32. The molecule has 0 aromatic heterocycles. The average molecular weight is 236 g/mol. The quantitative estimate of drug-likeness (QED) is 0.819. The number of likely N-dealkylation sites (N-methyl/N-ethyl adjacent to an activating group) is 1. The molecule has 17 heavy (non-hydrogen) atoms. The van der Waals surface area contributed by atoms with Crippen LogP contribution in [0.1, 0.15) is 18.1 Å². The van der Waals surface area contributed by atoms with Crippen molar-refractivity contribution in [3.63, 3.8) is 0 Å². The molecule has 0 radical (unpaired) electrons. The first kappa shape index (κ1) is 14.0. The number of anilines is 1. The second kappa shape index (κ2) is 6.62. The SMILES string of the molecule is CNCc1ccc(N(C)C(C)COC)cc1C. The minimum Gasteiger partial charge on any atom is -0.383 e. The smallest absolute Gasteiger partial charge is 0.0663 e. The second-order valence-electron chi connectivity index (χ2n) is 4.56. The third kappa shape index (κ3) is 3.72. The van der Waals surface area contributed by atoms with E-state index in [0.717, 1.165) is 13.2 Å². The van der Waals surface area contributed by atoms with Crippen LogP contribution in [0.3, 0.4) is 0 Å². The minimum absolute atomic E-state index is 0.384. The molecule has 3 nitrogen and oxygen atoms in total. The van der Waals surface area contributed by atoms with Crippen molar-refractivity contribution >= 4 is 5.69 Å². The van der Waals surface area contributed by atoms with E-state index in [1.165, 1.54) is 16.8 Å². The van der Waals surface area contributed by atoms with Crippen LogP contribution >= 0.6 is 0 Å². The van der Waals surface area contributed by atoms with Crippen LogP contribution in [0.4, 0.5) is 5.69 Å². The van der Waals surface area contributed by atoms with Crippen molar-refractivity contribution in [1.82, 2.24) is 5.32 Å². The summed E-state index contributed by atoms with van der Waals surface area (Å²) in [4.78, 5) is 2.25. The number of ether oxygens (including phenoxy) is 1. The van der Waals surface area contributed by atoms with Crippen LogP contribution in [0.15, 0.2) is 18.2 Å². The molecular formula is C14H24N2O. The van der Waals surface area contributed by atoms with E-state index in [2.05, 4.69) is 49.3 Å². The van der Waals surface area contributed by atoms with E-state index in [9.17, 15) is 0 Å². The van der Waals surface area contributed by atoms with Gasteiger partial charge in [-0.05, 0) is 44.2 Å². The average Bonchev–Trinajstić information content (AvgIpc) is 2.31. The van der Waals surface area contributed by atoms with Gasteiger partial charge < -0.3 is 15.0 Å². The molecule has 1 rings (SSSR count). The molecule has 0 fully saturated rings. The number of hydrogen-bond acceptors (Lipinski definition) is 3. The number of nitrogens with one attached hydrogen (secondary N) is 1. The zero-order chi connectivity index (χ0) is 12.8. The molecule has 96 valence electrons. The zero-order valence-electron chi connectivity index (χ0n) is 11.6. The van der Waals surface area contributed by atoms with E-state index in [4.69, 9.17) is 4.74 Å². The summed E-state index contributed by atoms with van der Waals surface area (Å²) in [5.74, 6) is 0. The summed E-state index contributed by atoms with van der Waals surface area (Å²) in [6.07, 6.45) is 0. The van der Waals surface area contributed by atoms with Gasteiger partial charge in [0, 0.05) is 32.4 Å². The standard InChI is InChI=1S/C14H24N2O/c1-11-8-14(7-6-13(11)9-15-3)16(4)12(2)10-17-5/h6-8,12,15H,9-10H2,1-5H3. The van der Waals surface area contributed by atoms with Gasteiger partial charge in [-0.15, -0.1) is 0 Å². The summed E-state index contributed by atoms with van der Waals surface area (Å²) < 4.78 is 5.19. The summed E-state index contributed by atoms with van der Waals surface area (Å²) in [5, 5.41) is 3.18. The van der Waals surface area contributed by atoms with E-state index in [1.54, 1.807) is 7.11 Å². The summed E-state index contributed by atoms with van der Waals surface area (Å²) in [7, 11) is 5.82. The first-order valence-electron chi connectivity index (χ1n) is 6.06. The molecular weight excluding hydrogens is 212 g/mol. The summed E-state index contributed by atoms with van der Waals surface area (Å²) in [5.41, 5.74) is 3.92. The molecule has 1 unspecified atom stereocenters. The van der Waals surface area contributed by atoms with E-state index in [0.29, 0.717) is 6.04 Å². The number of methoxy groups -OCH3 is 1. The van der Waals surface area contributed by atoms with Gasteiger partial charge in [-0.25, -0.2) is 0 Å². The summed E-state index contributed by atoms with van der Waals surface area (Å²) >= 11 is 0. The lowest BCUT2D eigenvalue weighted by molar-refractivity contribution is 0.183. The van der Waals surface area contributed by atoms with Crippen molar-refractivity contribution in [3.8, 4) is 0 Å². The monoisotopic (exact) mass is 236 g/mol.